The molecule has 0 saturated heterocycles. The molecule has 6 nitrogen and oxygen atoms in total. The average Bonchev–Trinajstić information content (AvgIpc) is 2.94. The molecule has 0 aliphatic heterocycles. The molecule has 3 rings (SSSR count). The van der Waals surface area contributed by atoms with Crippen LogP contribution in [0.5, 0.6) is 11.5 Å². The number of carbonyl (C=O) groups is 1. The van der Waals surface area contributed by atoms with Gasteiger partial charge in [0.2, 0.25) is 0 Å². The van der Waals surface area contributed by atoms with Gasteiger partial charge in [0.05, 0.1) is 18.1 Å². The van der Waals surface area contributed by atoms with Gasteiger partial charge in [-0.25, -0.2) is 4.98 Å². The van der Waals surface area contributed by atoms with Crippen molar-refractivity contribution in [2.24, 2.45) is 7.05 Å². The fraction of sp³-hybridized carbons (Fsp3) is 0.0625. The SMILES string of the molecule is Cn1cc(NC(=O)c2ccc(Oc3ccccc3)cn2)cn1. The van der Waals surface area contributed by atoms with Crippen molar-refractivity contribution in [3.8, 4) is 11.5 Å². The Bertz CT molecular complexity index is 766. The Hall–Kier alpha value is -3.15. The van der Waals surface area contributed by atoms with Gasteiger partial charge < -0.3 is 10.1 Å². The van der Waals surface area contributed by atoms with Crippen molar-refractivity contribution in [3.05, 3.63) is 66.7 Å². The standard InChI is InChI=1S/C16H14N4O2/c1-20-11-12(9-18-20)19-16(21)15-8-7-14(10-17-15)22-13-5-3-2-4-6-13/h2-11H,1H3,(H,19,21). The molecule has 110 valence electrons. The fourth-order valence-corrected chi connectivity index (χ4v) is 1.88. The van der Waals surface area contributed by atoms with E-state index in [1.54, 1.807) is 36.3 Å². The van der Waals surface area contributed by atoms with Gasteiger partial charge in [-0.2, -0.15) is 5.10 Å². The van der Waals surface area contributed by atoms with Crippen LogP contribution in [0.2, 0.25) is 0 Å². The molecule has 2 heterocycles. The van der Waals surface area contributed by atoms with Gasteiger partial charge in [-0.05, 0) is 24.3 Å². The van der Waals surface area contributed by atoms with E-state index in [1.165, 1.54) is 6.20 Å². The van der Waals surface area contributed by atoms with Crippen LogP contribution in [-0.4, -0.2) is 20.7 Å². The second-order valence-corrected chi connectivity index (χ2v) is 4.65. The van der Waals surface area contributed by atoms with Gasteiger partial charge in [0, 0.05) is 13.2 Å². The number of hydrogen-bond acceptors (Lipinski definition) is 4. The molecule has 0 aliphatic rings. The maximum atomic E-state index is 12.0. The van der Waals surface area contributed by atoms with Crippen LogP contribution in [-0.2, 0) is 7.05 Å². The van der Waals surface area contributed by atoms with Crippen molar-refractivity contribution in [1.29, 1.82) is 0 Å². The lowest BCUT2D eigenvalue weighted by Gasteiger charge is -2.06. The molecule has 0 spiro atoms. The highest BCUT2D eigenvalue weighted by Crippen LogP contribution is 2.20. The van der Waals surface area contributed by atoms with Crippen molar-refractivity contribution in [1.82, 2.24) is 14.8 Å². The van der Waals surface area contributed by atoms with Crippen LogP contribution in [0.4, 0.5) is 5.69 Å². The first kappa shape index (κ1) is 13.8. The molecule has 0 saturated carbocycles. The number of para-hydroxylation sites is 1. The van der Waals surface area contributed by atoms with Crippen molar-refractivity contribution >= 4 is 11.6 Å². The zero-order valence-corrected chi connectivity index (χ0v) is 11.9. The van der Waals surface area contributed by atoms with Gasteiger partial charge in [-0.15, -0.1) is 0 Å². The minimum absolute atomic E-state index is 0.292. The van der Waals surface area contributed by atoms with E-state index in [-0.39, 0.29) is 5.91 Å². The molecule has 3 aromatic rings. The minimum Gasteiger partial charge on any atom is -0.456 e. The summed E-state index contributed by atoms with van der Waals surface area (Å²) >= 11 is 0. The van der Waals surface area contributed by atoms with Crippen LogP contribution in [0.15, 0.2) is 61.1 Å². The Kier molecular flexibility index (Phi) is 3.82. The molecule has 2 aromatic heterocycles. The van der Waals surface area contributed by atoms with E-state index in [2.05, 4.69) is 15.4 Å². The van der Waals surface area contributed by atoms with Crippen LogP contribution in [0.3, 0.4) is 0 Å². The van der Waals surface area contributed by atoms with E-state index >= 15 is 0 Å². The van der Waals surface area contributed by atoms with Crippen LogP contribution >= 0.6 is 0 Å². The summed E-state index contributed by atoms with van der Waals surface area (Å²) in [5.74, 6) is 1.00. The van der Waals surface area contributed by atoms with Crippen molar-refractivity contribution in [3.63, 3.8) is 0 Å². The summed E-state index contributed by atoms with van der Waals surface area (Å²) in [5.41, 5.74) is 0.933. The summed E-state index contributed by atoms with van der Waals surface area (Å²) in [5, 5.41) is 6.71. The molecular formula is C16H14N4O2. The largest absolute Gasteiger partial charge is 0.456 e. The Morgan fingerprint density at radius 1 is 1.09 bits per heavy atom. The van der Waals surface area contributed by atoms with Crippen molar-refractivity contribution < 1.29 is 9.53 Å². The Morgan fingerprint density at radius 3 is 2.55 bits per heavy atom. The van der Waals surface area contributed by atoms with E-state index in [1.807, 2.05) is 30.3 Å². The molecule has 0 aliphatic carbocycles. The topological polar surface area (TPSA) is 69.0 Å². The van der Waals surface area contributed by atoms with Crippen LogP contribution < -0.4 is 10.1 Å². The number of aromatic nitrogens is 3. The van der Waals surface area contributed by atoms with Gasteiger partial charge in [-0.3, -0.25) is 9.48 Å². The highest BCUT2D eigenvalue weighted by Gasteiger charge is 2.09. The maximum absolute atomic E-state index is 12.0. The molecule has 1 aromatic carbocycles. The monoisotopic (exact) mass is 294 g/mol. The molecule has 0 atom stereocenters. The first-order chi connectivity index (χ1) is 10.7. The highest BCUT2D eigenvalue weighted by molar-refractivity contribution is 6.02. The van der Waals surface area contributed by atoms with Gasteiger partial charge >= 0.3 is 0 Å². The third kappa shape index (κ3) is 3.29. The lowest BCUT2D eigenvalue weighted by molar-refractivity contribution is 0.102. The summed E-state index contributed by atoms with van der Waals surface area (Å²) in [6.07, 6.45) is 4.81. The predicted molar refractivity (Wildman–Crippen MR) is 81.9 cm³/mol. The van der Waals surface area contributed by atoms with Gasteiger partial charge in [0.1, 0.15) is 17.2 Å². The number of nitrogens with zero attached hydrogens (tertiary/aromatic N) is 3. The lowest BCUT2D eigenvalue weighted by Crippen LogP contribution is -2.13. The molecule has 0 bridgehead atoms. The molecule has 0 radical (unpaired) electrons. The fourth-order valence-electron chi connectivity index (χ4n) is 1.88. The number of carbonyl (C=O) groups excluding carboxylic acids is 1. The first-order valence-corrected chi connectivity index (χ1v) is 6.70. The van der Waals surface area contributed by atoms with Crippen LogP contribution in [0, 0.1) is 0 Å². The number of amides is 1. The van der Waals surface area contributed by atoms with E-state index in [0.29, 0.717) is 17.1 Å². The van der Waals surface area contributed by atoms with E-state index in [4.69, 9.17) is 4.74 Å². The number of nitrogens with one attached hydrogen (secondary N) is 1. The number of anilines is 1. The highest BCUT2D eigenvalue weighted by atomic mass is 16.5. The lowest BCUT2D eigenvalue weighted by atomic mass is 10.3. The maximum Gasteiger partial charge on any atom is 0.274 e. The van der Waals surface area contributed by atoms with Crippen LogP contribution in [0.25, 0.3) is 0 Å². The summed E-state index contributed by atoms with van der Waals surface area (Å²) in [6.45, 7) is 0. The van der Waals surface area contributed by atoms with Crippen LogP contribution in [0.1, 0.15) is 10.5 Å². The summed E-state index contributed by atoms with van der Waals surface area (Å²) in [4.78, 5) is 16.2. The van der Waals surface area contributed by atoms with Gasteiger partial charge in [0.25, 0.3) is 5.91 Å². The van der Waals surface area contributed by atoms with Gasteiger partial charge in [0.15, 0.2) is 0 Å². The molecule has 0 fully saturated rings. The smallest absolute Gasteiger partial charge is 0.274 e. The minimum atomic E-state index is -0.292. The predicted octanol–water partition coefficient (Wildman–Crippen LogP) is 2.86. The molecule has 0 unspecified atom stereocenters. The quantitative estimate of drug-likeness (QED) is 0.803. The molecule has 1 N–H and O–H groups in total. The number of ether oxygens (including phenoxy) is 1. The van der Waals surface area contributed by atoms with E-state index < -0.39 is 0 Å². The van der Waals surface area contributed by atoms with Crippen molar-refractivity contribution in [2.75, 3.05) is 5.32 Å². The number of rotatable bonds is 4. The average molecular weight is 294 g/mol. The number of aryl methyl sites for hydroxylation is 1. The number of benzene rings is 1. The molecule has 22 heavy (non-hydrogen) atoms. The van der Waals surface area contributed by atoms with Crippen molar-refractivity contribution in [2.45, 2.75) is 0 Å². The summed E-state index contributed by atoms with van der Waals surface area (Å²) < 4.78 is 7.24. The zero-order chi connectivity index (χ0) is 15.4. The van der Waals surface area contributed by atoms with Gasteiger partial charge in [-0.1, -0.05) is 18.2 Å². The molecule has 6 heteroatoms. The normalized spacial score (nSPS) is 10.2. The Morgan fingerprint density at radius 2 is 1.91 bits per heavy atom. The van der Waals surface area contributed by atoms with E-state index in [9.17, 15) is 4.79 Å². The second-order valence-electron chi connectivity index (χ2n) is 4.65. The Labute approximate surface area is 127 Å². The third-order valence-corrected chi connectivity index (χ3v) is 2.91. The summed E-state index contributed by atoms with van der Waals surface area (Å²) in [6, 6.07) is 12.7. The number of hydrogen-bond donors (Lipinski definition) is 1. The molecular weight excluding hydrogens is 280 g/mol. The third-order valence-electron chi connectivity index (χ3n) is 2.91. The molecule has 1 amide bonds. The van der Waals surface area contributed by atoms with E-state index in [0.717, 1.165) is 5.75 Å². The first-order valence-electron chi connectivity index (χ1n) is 6.70. The second kappa shape index (κ2) is 6.09. The number of pyridine rings is 1. The zero-order valence-electron chi connectivity index (χ0n) is 11.9. The Balaban J connectivity index is 1.67. The summed E-state index contributed by atoms with van der Waals surface area (Å²) in [7, 11) is 1.78.